The Bertz CT molecular complexity index is 315. The molecule has 0 spiro atoms. The Morgan fingerprint density at radius 3 is 2.62 bits per heavy atom. The van der Waals surface area contributed by atoms with Crippen molar-refractivity contribution >= 4 is 17.4 Å². The van der Waals surface area contributed by atoms with E-state index in [0.717, 1.165) is 43.9 Å². The molecule has 0 aliphatic heterocycles. The van der Waals surface area contributed by atoms with E-state index in [1.807, 2.05) is 12.3 Å². The molecule has 4 heteroatoms. The van der Waals surface area contributed by atoms with Gasteiger partial charge in [-0.1, -0.05) is 25.4 Å². The molecule has 3 nitrogen and oxygen atoms in total. The molecule has 1 aromatic heterocycles. The van der Waals surface area contributed by atoms with Gasteiger partial charge in [-0.2, -0.15) is 0 Å². The minimum Gasteiger partial charge on any atom is -0.369 e. The molecule has 0 amide bonds. The van der Waals surface area contributed by atoms with E-state index in [2.05, 4.69) is 29.5 Å². The zero-order valence-electron chi connectivity index (χ0n) is 10.0. The fourth-order valence-corrected chi connectivity index (χ4v) is 1.61. The Hall–Kier alpha value is -0.800. The molecule has 16 heavy (non-hydrogen) atoms. The number of pyridine rings is 1. The van der Waals surface area contributed by atoms with Crippen molar-refractivity contribution in [3.63, 3.8) is 0 Å². The van der Waals surface area contributed by atoms with Gasteiger partial charge < -0.3 is 10.6 Å². The third-order valence-corrected chi connectivity index (χ3v) is 2.48. The Kier molecular flexibility index (Phi) is 6.19. The summed E-state index contributed by atoms with van der Waals surface area (Å²) >= 11 is 6.13. The first-order valence-corrected chi connectivity index (χ1v) is 6.24. The maximum absolute atomic E-state index is 6.13. The fourth-order valence-electron chi connectivity index (χ4n) is 1.36. The van der Waals surface area contributed by atoms with Crippen molar-refractivity contribution in [2.24, 2.45) is 0 Å². The molecular weight excluding hydrogens is 222 g/mol. The molecule has 1 heterocycles. The van der Waals surface area contributed by atoms with Crippen LogP contribution in [0.4, 0.5) is 5.82 Å². The van der Waals surface area contributed by atoms with Gasteiger partial charge in [-0.25, -0.2) is 4.98 Å². The topological polar surface area (TPSA) is 37.0 Å². The fraction of sp³-hybridized carbons (Fsp3) is 0.583. The normalized spacial score (nSPS) is 10.4. The van der Waals surface area contributed by atoms with E-state index in [-0.39, 0.29) is 0 Å². The molecule has 2 N–H and O–H groups in total. The summed E-state index contributed by atoms with van der Waals surface area (Å²) in [6.07, 6.45) is 4.07. The molecule has 0 aromatic carbocycles. The number of nitrogens with zero attached hydrogens (tertiary/aromatic N) is 1. The predicted molar refractivity (Wildman–Crippen MR) is 70.0 cm³/mol. The summed E-state index contributed by atoms with van der Waals surface area (Å²) in [6, 6.07) is 1.97. The minimum absolute atomic E-state index is 0.698. The van der Waals surface area contributed by atoms with Crippen molar-refractivity contribution in [2.45, 2.75) is 33.2 Å². The number of hydrogen-bond donors (Lipinski definition) is 2. The molecule has 90 valence electrons. The quantitative estimate of drug-likeness (QED) is 0.721. The van der Waals surface area contributed by atoms with Crippen LogP contribution >= 0.6 is 11.6 Å². The van der Waals surface area contributed by atoms with Crippen molar-refractivity contribution < 1.29 is 0 Å². The lowest BCUT2D eigenvalue weighted by molar-refractivity contribution is 0.674. The maximum Gasteiger partial charge on any atom is 0.144 e. The smallest absolute Gasteiger partial charge is 0.144 e. The first-order valence-electron chi connectivity index (χ1n) is 5.87. The molecule has 0 fully saturated rings. The van der Waals surface area contributed by atoms with Crippen LogP contribution in [0.1, 0.15) is 32.3 Å². The summed E-state index contributed by atoms with van der Waals surface area (Å²) in [5.41, 5.74) is 1.13. The van der Waals surface area contributed by atoms with E-state index in [9.17, 15) is 0 Å². The second-order valence-electron chi connectivity index (χ2n) is 3.78. The van der Waals surface area contributed by atoms with Gasteiger partial charge in [-0.3, -0.25) is 0 Å². The molecule has 0 aliphatic carbocycles. The van der Waals surface area contributed by atoms with E-state index in [0.29, 0.717) is 5.02 Å². The highest BCUT2D eigenvalue weighted by Gasteiger charge is 2.02. The molecule has 0 bridgehead atoms. The van der Waals surface area contributed by atoms with E-state index >= 15 is 0 Å². The highest BCUT2D eigenvalue weighted by Crippen LogP contribution is 2.19. The van der Waals surface area contributed by atoms with Crippen LogP contribution in [0.2, 0.25) is 5.02 Å². The van der Waals surface area contributed by atoms with Gasteiger partial charge >= 0.3 is 0 Å². The van der Waals surface area contributed by atoms with Gasteiger partial charge in [0.15, 0.2) is 0 Å². The van der Waals surface area contributed by atoms with Gasteiger partial charge in [-0.15, -0.1) is 0 Å². The van der Waals surface area contributed by atoms with Crippen LogP contribution in [0.15, 0.2) is 12.3 Å². The van der Waals surface area contributed by atoms with Gasteiger partial charge in [0.05, 0.1) is 5.02 Å². The average Bonchev–Trinajstić information content (AvgIpc) is 2.28. The van der Waals surface area contributed by atoms with Crippen molar-refractivity contribution in [3.05, 3.63) is 22.8 Å². The first-order chi connectivity index (χ1) is 7.77. The van der Waals surface area contributed by atoms with Crippen LogP contribution in [0.5, 0.6) is 0 Å². The van der Waals surface area contributed by atoms with Gasteiger partial charge in [0.25, 0.3) is 0 Å². The standard InChI is InChI=1S/C12H20ClN3/c1-3-5-14-8-10-7-11(13)12(16-9-10)15-6-4-2/h7,9,14H,3-6,8H2,1-2H3,(H,15,16). The monoisotopic (exact) mass is 241 g/mol. The second kappa shape index (κ2) is 7.47. The number of aromatic nitrogens is 1. The lowest BCUT2D eigenvalue weighted by atomic mass is 10.2. The molecule has 0 saturated carbocycles. The maximum atomic E-state index is 6.13. The summed E-state index contributed by atoms with van der Waals surface area (Å²) in [5.74, 6) is 0.780. The van der Waals surface area contributed by atoms with Gasteiger partial charge in [-0.05, 0) is 31.0 Å². The molecule has 0 unspecified atom stereocenters. The molecular formula is C12H20ClN3. The Morgan fingerprint density at radius 2 is 2.00 bits per heavy atom. The Labute approximate surface area is 103 Å². The summed E-state index contributed by atoms with van der Waals surface area (Å²) in [5, 5.41) is 7.21. The predicted octanol–water partition coefficient (Wildman–Crippen LogP) is 3.06. The molecule has 0 radical (unpaired) electrons. The van der Waals surface area contributed by atoms with E-state index in [4.69, 9.17) is 11.6 Å². The van der Waals surface area contributed by atoms with Crippen molar-refractivity contribution in [2.75, 3.05) is 18.4 Å². The SMILES string of the molecule is CCCNCc1cnc(NCCC)c(Cl)c1. The molecule has 0 aliphatic rings. The number of hydrogen-bond acceptors (Lipinski definition) is 3. The first kappa shape index (κ1) is 13.3. The Morgan fingerprint density at radius 1 is 1.25 bits per heavy atom. The third-order valence-electron chi connectivity index (χ3n) is 2.20. The van der Waals surface area contributed by atoms with Crippen molar-refractivity contribution in [1.29, 1.82) is 0 Å². The second-order valence-corrected chi connectivity index (χ2v) is 4.18. The van der Waals surface area contributed by atoms with E-state index < -0.39 is 0 Å². The number of anilines is 1. The molecule has 0 saturated heterocycles. The van der Waals surface area contributed by atoms with Crippen LogP contribution in [-0.2, 0) is 6.54 Å². The number of halogens is 1. The highest BCUT2D eigenvalue weighted by atomic mass is 35.5. The third kappa shape index (κ3) is 4.37. The summed E-state index contributed by atoms with van der Waals surface area (Å²) in [6.45, 7) is 7.02. The zero-order valence-corrected chi connectivity index (χ0v) is 10.8. The number of nitrogens with one attached hydrogen (secondary N) is 2. The molecule has 1 rings (SSSR count). The van der Waals surface area contributed by atoms with Gasteiger partial charge in [0.1, 0.15) is 5.82 Å². The lowest BCUT2D eigenvalue weighted by Gasteiger charge is -2.08. The van der Waals surface area contributed by atoms with Gasteiger partial charge in [0.2, 0.25) is 0 Å². The highest BCUT2D eigenvalue weighted by molar-refractivity contribution is 6.32. The summed E-state index contributed by atoms with van der Waals surface area (Å²) in [4.78, 5) is 4.31. The van der Waals surface area contributed by atoms with Crippen LogP contribution in [0.3, 0.4) is 0 Å². The van der Waals surface area contributed by atoms with Crippen LogP contribution in [0.25, 0.3) is 0 Å². The minimum atomic E-state index is 0.698. The average molecular weight is 242 g/mol. The summed E-state index contributed by atoms with van der Waals surface area (Å²) < 4.78 is 0. The van der Waals surface area contributed by atoms with E-state index in [1.165, 1.54) is 0 Å². The Balaban J connectivity index is 2.53. The van der Waals surface area contributed by atoms with Crippen LogP contribution < -0.4 is 10.6 Å². The molecule has 0 atom stereocenters. The lowest BCUT2D eigenvalue weighted by Crippen LogP contribution is -2.14. The number of rotatable bonds is 7. The summed E-state index contributed by atoms with van der Waals surface area (Å²) in [7, 11) is 0. The van der Waals surface area contributed by atoms with E-state index in [1.54, 1.807) is 0 Å². The van der Waals surface area contributed by atoms with Crippen molar-refractivity contribution in [1.82, 2.24) is 10.3 Å². The zero-order chi connectivity index (χ0) is 11.8. The molecule has 1 aromatic rings. The van der Waals surface area contributed by atoms with Crippen LogP contribution in [-0.4, -0.2) is 18.1 Å². The largest absolute Gasteiger partial charge is 0.369 e. The van der Waals surface area contributed by atoms with Crippen molar-refractivity contribution in [3.8, 4) is 0 Å². The van der Waals surface area contributed by atoms with Gasteiger partial charge in [0, 0.05) is 19.3 Å². The van der Waals surface area contributed by atoms with Crippen LogP contribution in [0, 0.1) is 0 Å².